The lowest BCUT2D eigenvalue weighted by Crippen LogP contribution is -2.51. The molecule has 146 valence electrons. The second-order valence-corrected chi connectivity index (χ2v) is 10.0. The van der Waals surface area contributed by atoms with E-state index in [9.17, 15) is 18.5 Å². The fourth-order valence-corrected chi connectivity index (χ4v) is 3.55. The molecule has 0 amide bonds. The van der Waals surface area contributed by atoms with Crippen molar-refractivity contribution in [2.45, 2.75) is 57.7 Å². The molecule has 0 spiro atoms. The highest BCUT2D eigenvalue weighted by Gasteiger charge is 2.40. The summed E-state index contributed by atoms with van der Waals surface area (Å²) in [5.74, 6) is -1.59. The minimum absolute atomic E-state index is 0.177. The molecule has 1 aromatic rings. The molecule has 1 N–H and O–H groups in total. The van der Waals surface area contributed by atoms with Crippen LogP contribution >= 0.6 is 15.9 Å². The maximum atomic E-state index is 14.5. The minimum atomic E-state index is -1.56. The molecule has 1 aromatic carbocycles. The zero-order valence-corrected chi connectivity index (χ0v) is 18.1. The van der Waals surface area contributed by atoms with E-state index in [1.807, 2.05) is 0 Å². The van der Waals surface area contributed by atoms with Gasteiger partial charge in [-0.15, -0.1) is 4.72 Å². The van der Waals surface area contributed by atoms with Crippen LogP contribution in [0.5, 0.6) is 0 Å². The number of hydrogen-bond acceptors (Lipinski definition) is 5. The SMILES string of the molecule is CCOC(=O)CC(=O)C[C@](C)(N[S+]([O-])C(C)(C)C)c1cc(Br)ccc1F. The smallest absolute Gasteiger partial charge is 0.313 e. The maximum Gasteiger partial charge on any atom is 0.313 e. The Labute approximate surface area is 165 Å². The molecule has 0 fully saturated rings. The zero-order valence-electron chi connectivity index (χ0n) is 15.7. The second kappa shape index (κ2) is 9.30. The van der Waals surface area contributed by atoms with Crippen LogP contribution in [-0.2, 0) is 31.2 Å². The molecule has 1 unspecified atom stereocenters. The van der Waals surface area contributed by atoms with Crippen molar-refractivity contribution in [3.8, 4) is 0 Å². The van der Waals surface area contributed by atoms with Crippen LogP contribution in [-0.4, -0.2) is 27.7 Å². The third-order valence-corrected chi connectivity index (χ3v) is 5.84. The normalized spacial score (nSPS) is 15.2. The van der Waals surface area contributed by atoms with Gasteiger partial charge < -0.3 is 9.29 Å². The Bertz CT molecular complexity index is 665. The predicted octanol–water partition coefficient (Wildman–Crippen LogP) is 3.77. The van der Waals surface area contributed by atoms with Crippen molar-refractivity contribution < 1.29 is 23.3 Å². The van der Waals surface area contributed by atoms with Crippen LogP contribution in [0.25, 0.3) is 0 Å². The minimum Gasteiger partial charge on any atom is -0.598 e. The van der Waals surface area contributed by atoms with Crippen LogP contribution in [0.1, 0.15) is 53.0 Å². The predicted molar refractivity (Wildman–Crippen MR) is 103 cm³/mol. The molecule has 0 saturated heterocycles. The molecule has 0 heterocycles. The number of esters is 1. The van der Waals surface area contributed by atoms with Gasteiger partial charge in [-0.3, -0.25) is 9.59 Å². The highest BCUT2D eigenvalue weighted by Crippen LogP contribution is 2.32. The summed E-state index contributed by atoms with van der Waals surface area (Å²) in [7, 11) is 0. The van der Waals surface area contributed by atoms with Crippen LogP contribution < -0.4 is 4.72 Å². The topological polar surface area (TPSA) is 78.5 Å². The van der Waals surface area contributed by atoms with Crippen LogP contribution in [0, 0.1) is 5.82 Å². The van der Waals surface area contributed by atoms with E-state index in [0.29, 0.717) is 4.47 Å². The molecule has 0 radical (unpaired) electrons. The van der Waals surface area contributed by atoms with Gasteiger partial charge in [-0.2, -0.15) is 0 Å². The van der Waals surface area contributed by atoms with Crippen molar-refractivity contribution in [2.75, 3.05) is 6.61 Å². The summed E-state index contributed by atoms with van der Waals surface area (Å²) in [6.07, 6.45) is -0.621. The largest absolute Gasteiger partial charge is 0.598 e. The first-order chi connectivity index (χ1) is 11.9. The second-order valence-electron chi connectivity index (χ2n) is 7.14. The number of rotatable bonds is 8. The average Bonchev–Trinajstić information content (AvgIpc) is 2.48. The van der Waals surface area contributed by atoms with E-state index >= 15 is 0 Å². The van der Waals surface area contributed by atoms with Crippen molar-refractivity contribution in [3.63, 3.8) is 0 Å². The summed E-state index contributed by atoms with van der Waals surface area (Å²) in [4.78, 5) is 23.9. The summed E-state index contributed by atoms with van der Waals surface area (Å²) < 4.78 is 34.8. The Morgan fingerprint density at radius 1 is 1.31 bits per heavy atom. The van der Waals surface area contributed by atoms with Gasteiger partial charge in [0.25, 0.3) is 0 Å². The molecular formula is C18H25BrFNO4S. The number of carbonyl (C=O) groups excluding carboxylic acids is 2. The molecule has 26 heavy (non-hydrogen) atoms. The monoisotopic (exact) mass is 449 g/mol. The molecule has 0 bridgehead atoms. The lowest BCUT2D eigenvalue weighted by Gasteiger charge is -2.35. The van der Waals surface area contributed by atoms with E-state index < -0.39 is 45.6 Å². The molecule has 0 aromatic heterocycles. The first kappa shape index (κ1) is 23.1. The zero-order chi connectivity index (χ0) is 20.1. The third kappa shape index (κ3) is 6.64. The van der Waals surface area contributed by atoms with Gasteiger partial charge in [0.05, 0.1) is 12.1 Å². The van der Waals surface area contributed by atoms with Crippen molar-refractivity contribution in [1.82, 2.24) is 4.72 Å². The molecule has 0 aliphatic rings. The molecule has 8 heteroatoms. The summed E-state index contributed by atoms with van der Waals surface area (Å²) in [5, 5.41) is 0. The lowest BCUT2D eigenvalue weighted by molar-refractivity contribution is -0.145. The maximum absolute atomic E-state index is 14.5. The highest BCUT2D eigenvalue weighted by atomic mass is 79.9. The van der Waals surface area contributed by atoms with Gasteiger partial charge in [-0.05, 0) is 52.8 Å². The number of hydrogen-bond donors (Lipinski definition) is 1. The quantitative estimate of drug-likeness (QED) is 0.371. The Kier molecular flexibility index (Phi) is 8.26. The Morgan fingerprint density at radius 3 is 2.46 bits per heavy atom. The van der Waals surface area contributed by atoms with Gasteiger partial charge in [0.2, 0.25) is 0 Å². The summed E-state index contributed by atoms with van der Waals surface area (Å²) in [6.45, 7) is 8.74. The Morgan fingerprint density at radius 2 is 1.92 bits per heavy atom. The van der Waals surface area contributed by atoms with Crippen molar-refractivity contribution >= 4 is 39.0 Å². The molecule has 5 nitrogen and oxygen atoms in total. The third-order valence-electron chi connectivity index (χ3n) is 3.59. The molecule has 0 aliphatic heterocycles. The summed E-state index contributed by atoms with van der Waals surface area (Å²) in [6, 6.07) is 4.36. The lowest BCUT2D eigenvalue weighted by atomic mass is 9.87. The van der Waals surface area contributed by atoms with Gasteiger partial charge in [0.15, 0.2) is 0 Å². The first-order valence-electron chi connectivity index (χ1n) is 8.21. The molecular weight excluding hydrogens is 425 g/mol. The van der Waals surface area contributed by atoms with Crippen molar-refractivity contribution in [3.05, 3.63) is 34.1 Å². The van der Waals surface area contributed by atoms with E-state index in [1.54, 1.807) is 46.8 Å². The fourth-order valence-electron chi connectivity index (χ4n) is 2.29. The summed E-state index contributed by atoms with van der Waals surface area (Å²) >= 11 is 1.74. The molecule has 0 aliphatic carbocycles. The van der Waals surface area contributed by atoms with Crippen LogP contribution in [0.15, 0.2) is 22.7 Å². The Balaban J connectivity index is 3.19. The standard InChI is InChI=1S/C18H25BrFNO4S/c1-6-25-16(23)10-13(22)11-18(5,21-26(24)17(2,3)4)14-9-12(19)7-8-15(14)20/h7-9,21H,6,10-11H2,1-5H3/t18-,26?/m0/s1. The molecule has 0 saturated carbocycles. The molecule has 2 atom stereocenters. The van der Waals surface area contributed by atoms with E-state index in [1.165, 1.54) is 6.07 Å². The van der Waals surface area contributed by atoms with E-state index in [4.69, 9.17) is 4.74 Å². The number of nitrogens with one attached hydrogen (secondary N) is 1. The number of Topliss-reactive ketones (excluding diaryl/α,β-unsaturated/α-hetero) is 1. The Hall–Kier alpha value is -0.960. The van der Waals surface area contributed by atoms with E-state index in [0.717, 1.165) is 0 Å². The van der Waals surface area contributed by atoms with E-state index in [-0.39, 0.29) is 18.6 Å². The fraction of sp³-hybridized carbons (Fsp3) is 0.556. The first-order valence-corrected chi connectivity index (χ1v) is 10.2. The van der Waals surface area contributed by atoms with Crippen LogP contribution in [0.2, 0.25) is 0 Å². The van der Waals surface area contributed by atoms with Crippen molar-refractivity contribution in [1.29, 1.82) is 0 Å². The van der Waals surface area contributed by atoms with E-state index in [2.05, 4.69) is 20.7 Å². The number of benzene rings is 1. The van der Waals surface area contributed by atoms with Crippen LogP contribution in [0.3, 0.4) is 0 Å². The number of halogens is 2. The molecule has 1 rings (SSSR count). The number of ether oxygens (including phenoxy) is 1. The van der Waals surface area contributed by atoms with Gasteiger partial charge in [0.1, 0.15) is 22.8 Å². The van der Waals surface area contributed by atoms with Gasteiger partial charge in [0, 0.05) is 27.8 Å². The van der Waals surface area contributed by atoms with Crippen LogP contribution in [0.4, 0.5) is 4.39 Å². The van der Waals surface area contributed by atoms with Gasteiger partial charge in [-0.25, -0.2) is 4.39 Å². The number of carbonyl (C=O) groups is 2. The summed E-state index contributed by atoms with van der Waals surface area (Å²) in [5.41, 5.74) is -1.06. The van der Waals surface area contributed by atoms with Gasteiger partial charge in [-0.1, -0.05) is 15.9 Å². The highest BCUT2D eigenvalue weighted by molar-refractivity contribution is 9.10. The van der Waals surface area contributed by atoms with Crippen molar-refractivity contribution in [2.24, 2.45) is 0 Å². The number of ketones is 1. The average molecular weight is 450 g/mol. The van der Waals surface area contributed by atoms with Gasteiger partial charge >= 0.3 is 5.97 Å².